The molecule has 0 spiro atoms. The number of benzene rings is 5. The van der Waals surface area contributed by atoms with Gasteiger partial charge in [-0.3, -0.25) is 9.20 Å². The Morgan fingerprint density at radius 1 is 0.565 bits per heavy atom. The fourth-order valence-electron chi connectivity index (χ4n) is 7.77. The van der Waals surface area contributed by atoms with Crippen molar-refractivity contribution in [3.8, 4) is 22.3 Å². The lowest BCUT2D eigenvalue weighted by Crippen LogP contribution is -2.12. The zero-order valence-electron chi connectivity index (χ0n) is 24.6. The molecule has 0 radical (unpaired) electrons. The molecule has 2 aromatic heterocycles. The van der Waals surface area contributed by atoms with Crippen molar-refractivity contribution < 1.29 is 8.42 Å². The highest BCUT2D eigenvalue weighted by Gasteiger charge is 2.33. The van der Waals surface area contributed by atoms with Crippen molar-refractivity contribution in [3.63, 3.8) is 0 Å². The number of nitrogens with zero attached hydrogens (tertiary/aromatic N) is 1. The fourth-order valence-corrected chi connectivity index (χ4v) is 9.48. The minimum atomic E-state index is -3.62. The van der Waals surface area contributed by atoms with Crippen LogP contribution in [0.5, 0.6) is 0 Å². The molecule has 3 aliphatic rings. The van der Waals surface area contributed by atoms with Crippen LogP contribution in [0.25, 0.3) is 65.8 Å². The van der Waals surface area contributed by atoms with Gasteiger partial charge in [0, 0.05) is 32.7 Å². The zero-order chi connectivity index (χ0) is 30.7. The van der Waals surface area contributed by atoms with Gasteiger partial charge < -0.3 is 0 Å². The van der Waals surface area contributed by atoms with Crippen LogP contribution in [-0.4, -0.2) is 12.8 Å². The molecule has 0 N–H and O–H groups in total. The quantitative estimate of drug-likeness (QED) is 0.187. The molecule has 46 heavy (non-hydrogen) atoms. The molecule has 5 aromatic carbocycles. The van der Waals surface area contributed by atoms with Crippen LogP contribution in [-0.2, 0) is 9.84 Å². The van der Waals surface area contributed by atoms with E-state index in [1.54, 1.807) is 12.1 Å². The van der Waals surface area contributed by atoms with E-state index >= 15 is 0 Å². The number of aromatic nitrogens is 1. The smallest absolute Gasteiger partial charge is 0.263 e. The Hall–Kier alpha value is -5.52. The molecular formula is C41H25NO3S. The molecule has 0 amide bonds. The van der Waals surface area contributed by atoms with Crippen LogP contribution < -0.4 is 5.56 Å². The Bertz CT molecular complexity index is 2830. The molecule has 4 nitrogen and oxygen atoms in total. The summed E-state index contributed by atoms with van der Waals surface area (Å²) >= 11 is 0. The highest BCUT2D eigenvalue weighted by molar-refractivity contribution is 7.92. The van der Waals surface area contributed by atoms with Crippen molar-refractivity contribution in [2.45, 2.75) is 22.6 Å². The maximum Gasteiger partial charge on any atom is 0.263 e. The zero-order valence-corrected chi connectivity index (χ0v) is 25.4. The highest BCUT2D eigenvalue weighted by Crippen LogP contribution is 2.46. The monoisotopic (exact) mass is 611 g/mol. The average Bonchev–Trinajstić information content (AvgIpc) is 3.89. The second kappa shape index (κ2) is 9.03. The summed E-state index contributed by atoms with van der Waals surface area (Å²) < 4.78 is 29.1. The summed E-state index contributed by atoms with van der Waals surface area (Å²) in [5, 5.41) is 4.51. The third-order valence-electron chi connectivity index (χ3n) is 10.0. The molecule has 0 bridgehead atoms. The minimum absolute atomic E-state index is 0.0327. The van der Waals surface area contributed by atoms with Crippen molar-refractivity contribution in [1.29, 1.82) is 0 Å². The summed E-state index contributed by atoms with van der Waals surface area (Å²) in [5.74, 6) is 0. The Morgan fingerprint density at radius 3 is 2.13 bits per heavy atom. The Kier molecular flexibility index (Phi) is 5.06. The molecule has 3 heterocycles. The average molecular weight is 612 g/mol. The summed E-state index contributed by atoms with van der Waals surface area (Å²) in [5.41, 5.74) is 10.1. The van der Waals surface area contributed by atoms with E-state index < -0.39 is 9.84 Å². The van der Waals surface area contributed by atoms with Gasteiger partial charge in [-0.15, -0.1) is 0 Å². The number of fused-ring (bicyclic) bond motifs is 8. The summed E-state index contributed by atoms with van der Waals surface area (Å²) in [7, 11) is -3.62. The van der Waals surface area contributed by atoms with Gasteiger partial charge in [-0.05, 0) is 94.1 Å². The number of hydrogen-bond acceptors (Lipinski definition) is 3. The van der Waals surface area contributed by atoms with Gasteiger partial charge in [-0.25, -0.2) is 8.42 Å². The number of hydrogen-bond donors (Lipinski definition) is 0. The van der Waals surface area contributed by atoms with Crippen molar-refractivity contribution in [3.05, 3.63) is 155 Å². The first-order valence-electron chi connectivity index (χ1n) is 15.5. The maximum atomic E-state index is 14.0. The second-order valence-corrected chi connectivity index (χ2v) is 14.3. The van der Waals surface area contributed by atoms with E-state index in [9.17, 15) is 13.2 Å². The van der Waals surface area contributed by atoms with E-state index in [0.29, 0.717) is 15.2 Å². The highest BCUT2D eigenvalue weighted by atomic mass is 32.2. The van der Waals surface area contributed by atoms with Crippen molar-refractivity contribution in [2.24, 2.45) is 0 Å². The molecule has 1 aliphatic heterocycles. The van der Waals surface area contributed by atoms with Crippen LogP contribution in [0.15, 0.2) is 153 Å². The molecular weight excluding hydrogens is 587 g/mol. The number of pyridine rings is 1. The summed E-state index contributed by atoms with van der Waals surface area (Å²) in [4.78, 5) is 14.7. The molecule has 10 rings (SSSR count). The number of allylic oxidation sites excluding steroid dienone is 8. The van der Waals surface area contributed by atoms with E-state index in [2.05, 4.69) is 60.7 Å². The Labute approximate surface area is 264 Å². The van der Waals surface area contributed by atoms with Crippen molar-refractivity contribution in [1.82, 2.24) is 4.40 Å². The predicted molar refractivity (Wildman–Crippen MR) is 186 cm³/mol. The first-order valence-corrected chi connectivity index (χ1v) is 17.0. The first-order chi connectivity index (χ1) is 22.5. The fraction of sp³-hybridized carbons (Fsp3) is 0.0488. The summed E-state index contributed by atoms with van der Waals surface area (Å²) in [6.45, 7) is 0. The molecule has 5 heteroatoms. The van der Waals surface area contributed by atoms with E-state index in [0.717, 1.165) is 73.2 Å². The van der Waals surface area contributed by atoms with Crippen LogP contribution in [0.1, 0.15) is 18.4 Å². The van der Waals surface area contributed by atoms with Gasteiger partial charge in [0.2, 0.25) is 9.84 Å². The lowest BCUT2D eigenvalue weighted by atomic mass is 9.95. The molecule has 2 aliphatic carbocycles. The molecule has 0 saturated carbocycles. The normalized spacial score (nSPS) is 16.4. The topological polar surface area (TPSA) is 55.6 Å². The van der Waals surface area contributed by atoms with Gasteiger partial charge in [0.15, 0.2) is 0 Å². The predicted octanol–water partition coefficient (Wildman–Crippen LogP) is 9.28. The van der Waals surface area contributed by atoms with Gasteiger partial charge >= 0.3 is 0 Å². The third-order valence-corrected chi connectivity index (χ3v) is 11.9. The number of sulfone groups is 1. The molecule has 0 saturated heterocycles. The van der Waals surface area contributed by atoms with E-state index in [1.807, 2.05) is 59.0 Å². The third kappa shape index (κ3) is 3.38. The largest absolute Gasteiger partial charge is 0.275 e. The van der Waals surface area contributed by atoms with Gasteiger partial charge in [-0.1, -0.05) is 85.0 Å². The number of rotatable bonds is 3. The van der Waals surface area contributed by atoms with Crippen LogP contribution in [0.3, 0.4) is 0 Å². The van der Waals surface area contributed by atoms with Crippen molar-refractivity contribution >= 4 is 53.4 Å². The Balaban J connectivity index is 1.22. The van der Waals surface area contributed by atoms with E-state index in [4.69, 9.17) is 0 Å². The molecule has 0 fully saturated rings. The van der Waals surface area contributed by atoms with E-state index in [1.165, 1.54) is 16.7 Å². The standard InChI is InChI=1S/C41H25NO3S/c43-41-33-11-4-3-9-30(33)35-21-29(28-15-17-32-31-10-5-6-12-38(31)46(44,45)39(32)23-28)22-36-34-20-27(16-18-37(34)42(41)40(35)36)26-14-13-25(19-26)24-7-1-2-8-24/h1-7,9-18,20-23H,8,19H2. The SMILES string of the molecule is O=c1c2ccccc2c2cc(-c3ccc4c(c3)S(=O)(=O)c3ccccc3-4)cc3c4cc(C5=CC=C(C6=CC=CC6)C5)ccc4n1c23. The first kappa shape index (κ1) is 25.8. The lowest BCUT2D eigenvalue weighted by molar-refractivity contribution is 0.598. The summed E-state index contributed by atoms with van der Waals surface area (Å²) in [6, 6.07) is 31.4. The van der Waals surface area contributed by atoms with Gasteiger partial charge in [0.1, 0.15) is 0 Å². The molecule has 218 valence electrons. The maximum absolute atomic E-state index is 14.0. The minimum Gasteiger partial charge on any atom is -0.275 e. The van der Waals surface area contributed by atoms with Crippen LogP contribution in [0, 0.1) is 0 Å². The lowest BCUT2D eigenvalue weighted by Gasteiger charge is -2.10. The van der Waals surface area contributed by atoms with Crippen LogP contribution >= 0.6 is 0 Å². The van der Waals surface area contributed by atoms with E-state index in [-0.39, 0.29) is 5.56 Å². The Morgan fingerprint density at radius 2 is 1.28 bits per heavy atom. The van der Waals surface area contributed by atoms with Gasteiger partial charge in [-0.2, -0.15) is 0 Å². The molecule has 7 aromatic rings. The van der Waals surface area contributed by atoms with Crippen molar-refractivity contribution in [2.75, 3.05) is 0 Å². The van der Waals surface area contributed by atoms with Gasteiger partial charge in [0.25, 0.3) is 5.56 Å². The molecule has 0 atom stereocenters. The van der Waals surface area contributed by atoms with Crippen LogP contribution in [0.4, 0.5) is 0 Å². The van der Waals surface area contributed by atoms with Gasteiger partial charge in [0.05, 0.1) is 20.8 Å². The summed E-state index contributed by atoms with van der Waals surface area (Å²) in [6.07, 6.45) is 12.8. The molecule has 0 unspecified atom stereocenters. The second-order valence-electron chi connectivity index (χ2n) is 12.4. The van der Waals surface area contributed by atoms with Crippen LogP contribution in [0.2, 0.25) is 0 Å².